The molecule has 4 heteroatoms. The number of rotatable bonds is 4. The molecule has 90 valence electrons. The molecule has 0 radical (unpaired) electrons. The monoisotopic (exact) mass is 233 g/mol. The van der Waals surface area contributed by atoms with Gasteiger partial charge in [-0.2, -0.15) is 0 Å². The molecule has 0 heterocycles. The zero-order valence-corrected chi connectivity index (χ0v) is 10.1. The molecule has 0 bridgehead atoms. The van der Waals surface area contributed by atoms with Crippen LogP contribution in [0.1, 0.15) is 12.5 Å². The maximum absolute atomic E-state index is 11.8. The summed E-state index contributed by atoms with van der Waals surface area (Å²) in [6, 6.07) is 9.20. The molecule has 4 nitrogen and oxygen atoms in total. The lowest BCUT2D eigenvalue weighted by atomic mass is 10.1. The van der Waals surface area contributed by atoms with E-state index in [-0.39, 0.29) is 11.4 Å². The average Bonchev–Trinajstić information content (AvgIpc) is 2.35. The standard InChI is InChI=1S/C13H15NO3/c1-10(15)12(13(16)14(2)17-3)9-11-7-5-4-6-8-11/h4-9H,1-3H3/b12-9-. The number of carbonyl (C=O) groups is 2. The Balaban J connectivity index is 3.06. The van der Waals surface area contributed by atoms with Gasteiger partial charge in [0.25, 0.3) is 5.91 Å². The quantitative estimate of drug-likeness (QED) is 0.344. The third kappa shape index (κ3) is 3.53. The van der Waals surface area contributed by atoms with Crippen LogP contribution in [0, 0.1) is 0 Å². The smallest absolute Gasteiger partial charge is 0.280 e. The predicted octanol–water partition coefficient (Wildman–Crippen LogP) is 1.68. The second kappa shape index (κ2) is 5.96. The highest BCUT2D eigenvalue weighted by Gasteiger charge is 2.18. The van der Waals surface area contributed by atoms with Crippen LogP contribution in [-0.4, -0.2) is 30.9 Å². The molecule has 0 fully saturated rings. The van der Waals surface area contributed by atoms with Gasteiger partial charge in [-0.3, -0.25) is 14.4 Å². The number of benzene rings is 1. The Bertz CT molecular complexity index is 437. The summed E-state index contributed by atoms with van der Waals surface area (Å²) in [4.78, 5) is 28.0. The fourth-order valence-electron chi connectivity index (χ4n) is 1.28. The molecule has 0 N–H and O–H groups in total. The van der Waals surface area contributed by atoms with Gasteiger partial charge in [-0.1, -0.05) is 30.3 Å². The van der Waals surface area contributed by atoms with Crippen molar-refractivity contribution in [2.75, 3.05) is 14.2 Å². The Kier molecular flexibility index (Phi) is 4.60. The summed E-state index contributed by atoms with van der Waals surface area (Å²) in [5.74, 6) is -0.744. The molecule has 0 saturated carbocycles. The molecule has 0 saturated heterocycles. The highest BCUT2D eigenvalue weighted by molar-refractivity contribution is 6.21. The van der Waals surface area contributed by atoms with Gasteiger partial charge in [-0.15, -0.1) is 0 Å². The number of likely N-dealkylation sites (N-methyl/N-ethyl adjacent to an activating group) is 1. The van der Waals surface area contributed by atoms with Gasteiger partial charge >= 0.3 is 0 Å². The van der Waals surface area contributed by atoms with Crippen LogP contribution < -0.4 is 0 Å². The number of hydrogen-bond donors (Lipinski definition) is 0. The number of Topliss-reactive ketones (excluding diaryl/α,β-unsaturated/α-hetero) is 1. The highest BCUT2D eigenvalue weighted by atomic mass is 16.7. The number of carbonyl (C=O) groups excluding carboxylic acids is 2. The van der Waals surface area contributed by atoms with Crippen LogP contribution >= 0.6 is 0 Å². The van der Waals surface area contributed by atoms with Crippen molar-refractivity contribution in [3.63, 3.8) is 0 Å². The third-order valence-corrected chi connectivity index (χ3v) is 2.28. The molecular formula is C13H15NO3. The molecule has 0 aliphatic carbocycles. The van der Waals surface area contributed by atoms with E-state index in [9.17, 15) is 9.59 Å². The topological polar surface area (TPSA) is 46.6 Å². The number of nitrogens with zero attached hydrogens (tertiary/aromatic N) is 1. The van der Waals surface area contributed by atoms with Crippen molar-refractivity contribution in [2.45, 2.75) is 6.92 Å². The molecule has 1 rings (SSSR count). The van der Waals surface area contributed by atoms with E-state index in [1.807, 2.05) is 30.3 Å². The Labute approximate surface area is 100 Å². The van der Waals surface area contributed by atoms with E-state index in [0.717, 1.165) is 10.6 Å². The first-order valence-electron chi connectivity index (χ1n) is 5.16. The van der Waals surface area contributed by atoms with Crippen LogP contribution in [0.4, 0.5) is 0 Å². The van der Waals surface area contributed by atoms with Crippen LogP contribution in [0.3, 0.4) is 0 Å². The lowest BCUT2D eigenvalue weighted by Gasteiger charge is -2.14. The minimum atomic E-state index is -0.455. The molecular weight excluding hydrogens is 218 g/mol. The van der Waals surface area contributed by atoms with Crippen molar-refractivity contribution in [3.8, 4) is 0 Å². The predicted molar refractivity (Wildman–Crippen MR) is 64.9 cm³/mol. The van der Waals surface area contributed by atoms with Crippen molar-refractivity contribution in [2.24, 2.45) is 0 Å². The van der Waals surface area contributed by atoms with Crippen LogP contribution in [0.2, 0.25) is 0 Å². The largest absolute Gasteiger partial charge is 0.294 e. The van der Waals surface area contributed by atoms with Gasteiger partial charge in [0.1, 0.15) is 0 Å². The minimum absolute atomic E-state index is 0.0977. The van der Waals surface area contributed by atoms with E-state index in [1.165, 1.54) is 21.1 Å². The SMILES string of the molecule is CON(C)C(=O)/C(=C\c1ccccc1)C(C)=O. The molecule has 0 aromatic heterocycles. The first-order chi connectivity index (χ1) is 8.06. The molecule has 0 aliphatic rings. The molecule has 1 amide bonds. The zero-order valence-electron chi connectivity index (χ0n) is 10.1. The Hall–Kier alpha value is -1.94. The van der Waals surface area contributed by atoms with Gasteiger partial charge in [0.05, 0.1) is 12.7 Å². The number of hydroxylamine groups is 2. The molecule has 0 spiro atoms. The van der Waals surface area contributed by atoms with Gasteiger partial charge in [-0.25, -0.2) is 5.06 Å². The van der Waals surface area contributed by atoms with E-state index < -0.39 is 5.91 Å². The summed E-state index contributed by atoms with van der Waals surface area (Å²) >= 11 is 0. The number of amides is 1. The maximum atomic E-state index is 11.8. The van der Waals surface area contributed by atoms with Crippen molar-refractivity contribution < 1.29 is 14.4 Å². The third-order valence-electron chi connectivity index (χ3n) is 2.28. The fourth-order valence-corrected chi connectivity index (χ4v) is 1.28. The van der Waals surface area contributed by atoms with Crippen molar-refractivity contribution in [3.05, 3.63) is 41.5 Å². The molecule has 0 aliphatic heterocycles. The second-order valence-corrected chi connectivity index (χ2v) is 3.51. The molecule has 1 aromatic carbocycles. The van der Waals surface area contributed by atoms with Crippen LogP contribution in [-0.2, 0) is 14.4 Å². The first-order valence-corrected chi connectivity index (χ1v) is 5.16. The van der Waals surface area contributed by atoms with Crippen molar-refractivity contribution in [1.29, 1.82) is 0 Å². The van der Waals surface area contributed by atoms with Gasteiger partial charge in [0.2, 0.25) is 0 Å². The minimum Gasteiger partial charge on any atom is -0.294 e. The Morgan fingerprint density at radius 2 is 1.82 bits per heavy atom. The Morgan fingerprint density at radius 1 is 1.24 bits per heavy atom. The summed E-state index contributed by atoms with van der Waals surface area (Å²) in [6.07, 6.45) is 1.56. The van der Waals surface area contributed by atoms with Gasteiger partial charge in [-0.05, 0) is 18.6 Å². The normalized spacial score (nSPS) is 11.1. The molecule has 0 unspecified atom stereocenters. The van der Waals surface area contributed by atoms with Gasteiger partial charge in [0, 0.05) is 7.05 Å². The van der Waals surface area contributed by atoms with Crippen LogP contribution in [0.15, 0.2) is 35.9 Å². The van der Waals surface area contributed by atoms with E-state index in [2.05, 4.69) is 0 Å². The zero-order chi connectivity index (χ0) is 12.8. The fraction of sp³-hybridized carbons (Fsp3) is 0.231. The van der Waals surface area contributed by atoms with Crippen LogP contribution in [0.25, 0.3) is 6.08 Å². The van der Waals surface area contributed by atoms with Crippen molar-refractivity contribution >= 4 is 17.8 Å². The van der Waals surface area contributed by atoms with Gasteiger partial charge < -0.3 is 0 Å². The molecule has 17 heavy (non-hydrogen) atoms. The maximum Gasteiger partial charge on any atom is 0.280 e. The summed E-state index contributed by atoms with van der Waals surface area (Å²) in [6.45, 7) is 1.36. The highest BCUT2D eigenvalue weighted by Crippen LogP contribution is 2.10. The van der Waals surface area contributed by atoms with Crippen molar-refractivity contribution in [1.82, 2.24) is 5.06 Å². The lowest BCUT2D eigenvalue weighted by Crippen LogP contribution is -2.29. The van der Waals surface area contributed by atoms with E-state index >= 15 is 0 Å². The Morgan fingerprint density at radius 3 is 2.29 bits per heavy atom. The van der Waals surface area contributed by atoms with Crippen LogP contribution in [0.5, 0.6) is 0 Å². The summed E-state index contributed by atoms with van der Waals surface area (Å²) in [7, 11) is 2.84. The number of hydrogen-bond acceptors (Lipinski definition) is 3. The lowest BCUT2D eigenvalue weighted by molar-refractivity contribution is -0.164. The average molecular weight is 233 g/mol. The van der Waals surface area contributed by atoms with E-state index in [4.69, 9.17) is 4.84 Å². The van der Waals surface area contributed by atoms with Gasteiger partial charge in [0.15, 0.2) is 5.78 Å². The molecule has 0 atom stereocenters. The first kappa shape index (κ1) is 13.1. The molecule has 1 aromatic rings. The van der Waals surface area contributed by atoms with E-state index in [1.54, 1.807) is 6.08 Å². The summed E-state index contributed by atoms with van der Waals surface area (Å²) in [5.41, 5.74) is 0.899. The van der Waals surface area contributed by atoms with E-state index in [0.29, 0.717) is 0 Å². The number of ketones is 1. The summed E-state index contributed by atoms with van der Waals surface area (Å²) < 4.78 is 0. The summed E-state index contributed by atoms with van der Waals surface area (Å²) in [5, 5.41) is 1.02. The second-order valence-electron chi connectivity index (χ2n) is 3.51.